The molecule has 0 aliphatic rings. The van der Waals surface area contributed by atoms with Gasteiger partial charge < -0.3 is 18.9 Å². The van der Waals surface area contributed by atoms with Gasteiger partial charge in [0.1, 0.15) is 5.76 Å². The topological polar surface area (TPSA) is 95.2 Å². The van der Waals surface area contributed by atoms with Gasteiger partial charge >= 0.3 is 6.01 Å². The van der Waals surface area contributed by atoms with Gasteiger partial charge in [-0.3, -0.25) is 0 Å². The average Bonchev–Trinajstić information content (AvgIpc) is 2.83. The van der Waals surface area contributed by atoms with E-state index in [1.54, 1.807) is 13.0 Å². The van der Waals surface area contributed by atoms with Gasteiger partial charge in [0, 0.05) is 11.8 Å². The van der Waals surface area contributed by atoms with Gasteiger partial charge in [0.15, 0.2) is 17.8 Å². The van der Waals surface area contributed by atoms with E-state index in [0.717, 1.165) is 0 Å². The largest absolute Gasteiger partial charge is 0.546 e. The van der Waals surface area contributed by atoms with Gasteiger partial charge in [0.2, 0.25) is 0 Å². The number of oxazole rings is 2. The Morgan fingerprint density at radius 3 is 2.38 bits per heavy atom. The van der Waals surface area contributed by atoms with Crippen LogP contribution in [0.3, 0.4) is 0 Å². The molecule has 0 amide bonds. The molecule has 2 aromatic heterocycles. The van der Waals surface area contributed by atoms with Gasteiger partial charge in [-0.25, -0.2) is 4.98 Å². The lowest BCUT2D eigenvalue weighted by Gasteiger charge is -1.83. The smallest absolute Gasteiger partial charge is 0.442 e. The Labute approximate surface area is 89.6 Å². The third-order valence-electron chi connectivity index (χ3n) is 1.72. The molecule has 0 aliphatic carbocycles. The standard InChI is InChI=1S/C9H7N3O4/c1-6-10-4-7(15-6)2-3-8-5-11-9(16-8)12(13)14/h2-5H,1H3/b3-2+. The van der Waals surface area contributed by atoms with Crippen LogP contribution in [-0.2, 0) is 0 Å². The van der Waals surface area contributed by atoms with Crippen LogP contribution in [0, 0.1) is 17.0 Å². The summed E-state index contributed by atoms with van der Waals surface area (Å²) in [4.78, 5) is 16.9. The van der Waals surface area contributed by atoms with E-state index in [2.05, 4.69) is 9.97 Å². The van der Waals surface area contributed by atoms with Gasteiger partial charge in [-0.15, -0.1) is 0 Å². The van der Waals surface area contributed by atoms with E-state index in [-0.39, 0.29) is 5.76 Å². The van der Waals surface area contributed by atoms with Crippen LogP contribution >= 0.6 is 0 Å². The molecule has 0 unspecified atom stereocenters. The van der Waals surface area contributed by atoms with Crippen molar-refractivity contribution in [3.63, 3.8) is 0 Å². The van der Waals surface area contributed by atoms with E-state index >= 15 is 0 Å². The molecule has 0 atom stereocenters. The van der Waals surface area contributed by atoms with Gasteiger partial charge in [-0.1, -0.05) is 0 Å². The lowest BCUT2D eigenvalue weighted by molar-refractivity contribution is -0.407. The second-order valence-electron chi connectivity index (χ2n) is 2.92. The zero-order valence-electron chi connectivity index (χ0n) is 8.28. The summed E-state index contributed by atoms with van der Waals surface area (Å²) in [5.41, 5.74) is 0. The van der Waals surface area contributed by atoms with E-state index in [9.17, 15) is 10.1 Å². The average molecular weight is 221 g/mol. The van der Waals surface area contributed by atoms with Gasteiger partial charge in [-0.05, 0) is 17.1 Å². The van der Waals surface area contributed by atoms with E-state index < -0.39 is 10.9 Å². The molecule has 16 heavy (non-hydrogen) atoms. The molecule has 0 aromatic carbocycles. The quantitative estimate of drug-likeness (QED) is 0.581. The number of rotatable bonds is 3. The summed E-state index contributed by atoms with van der Waals surface area (Å²) in [6.07, 6.45) is 5.90. The molecular weight excluding hydrogens is 214 g/mol. The van der Waals surface area contributed by atoms with E-state index in [0.29, 0.717) is 11.7 Å². The molecule has 2 rings (SSSR count). The molecule has 2 heterocycles. The van der Waals surface area contributed by atoms with E-state index in [1.807, 2.05) is 0 Å². The van der Waals surface area contributed by atoms with Gasteiger partial charge in [0.05, 0.1) is 6.20 Å². The summed E-state index contributed by atoms with van der Waals surface area (Å²) < 4.78 is 9.98. The van der Waals surface area contributed by atoms with Crippen LogP contribution in [0.25, 0.3) is 12.2 Å². The van der Waals surface area contributed by atoms with E-state index in [4.69, 9.17) is 8.83 Å². The Bertz CT molecular complexity index is 540. The van der Waals surface area contributed by atoms with E-state index in [1.165, 1.54) is 18.5 Å². The van der Waals surface area contributed by atoms with Crippen molar-refractivity contribution in [2.75, 3.05) is 0 Å². The first-order valence-electron chi connectivity index (χ1n) is 4.36. The van der Waals surface area contributed by atoms with Crippen molar-refractivity contribution >= 4 is 18.2 Å². The summed E-state index contributed by atoms with van der Waals surface area (Å²) in [5, 5.41) is 10.3. The molecule has 0 saturated carbocycles. The normalized spacial score (nSPS) is 11.1. The summed E-state index contributed by atoms with van der Waals surface area (Å²) in [5.74, 6) is 1.36. The number of hydrogen-bond acceptors (Lipinski definition) is 6. The molecular formula is C9H7N3O4. The number of aryl methyl sites for hydroxylation is 1. The Morgan fingerprint density at radius 1 is 1.25 bits per heavy atom. The van der Waals surface area contributed by atoms with Crippen LogP contribution in [0.4, 0.5) is 6.01 Å². The molecule has 2 aromatic rings. The Hall–Kier alpha value is -2.44. The molecule has 0 fully saturated rings. The molecule has 82 valence electrons. The van der Waals surface area contributed by atoms with Gasteiger partial charge in [0.25, 0.3) is 0 Å². The minimum atomic E-state index is -0.698. The molecule has 0 saturated heterocycles. The summed E-state index contributed by atoms with van der Waals surface area (Å²) >= 11 is 0. The zero-order chi connectivity index (χ0) is 11.5. The van der Waals surface area contributed by atoms with Crippen molar-refractivity contribution in [3.8, 4) is 0 Å². The molecule has 0 radical (unpaired) electrons. The highest BCUT2D eigenvalue weighted by Gasteiger charge is 2.13. The van der Waals surface area contributed by atoms with Gasteiger partial charge in [-0.2, -0.15) is 0 Å². The lowest BCUT2D eigenvalue weighted by atomic mass is 10.4. The minimum Gasteiger partial charge on any atom is -0.442 e. The fraction of sp³-hybridized carbons (Fsp3) is 0.111. The van der Waals surface area contributed by atoms with Crippen LogP contribution < -0.4 is 0 Å². The van der Waals surface area contributed by atoms with Crippen LogP contribution in [0.5, 0.6) is 0 Å². The molecule has 0 spiro atoms. The zero-order valence-corrected chi connectivity index (χ0v) is 8.28. The van der Waals surface area contributed by atoms with Crippen LogP contribution in [0.1, 0.15) is 17.4 Å². The minimum absolute atomic E-state index is 0.278. The fourth-order valence-electron chi connectivity index (χ4n) is 1.06. The number of nitrogens with zero attached hydrogens (tertiary/aromatic N) is 3. The van der Waals surface area contributed by atoms with Crippen LogP contribution in [0.15, 0.2) is 21.2 Å². The highest BCUT2D eigenvalue weighted by Crippen LogP contribution is 2.14. The van der Waals surface area contributed by atoms with Crippen molar-refractivity contribution in [1.82, 2.24) is 9.97 Å². The highest BCUT2D eigenvalue weighted by atomic mass is 16.7. The summed E-state index contributed by atoms with van der Waals surface area (Å²) in [7, 11) is 0. The maximum atomic E-state index is 10.3. The molecule has 0 aliphatic heterocycles. The SMILES string of the molecule is Cc1ncc(/C=C/c2cnc([N+](=O)[O-])o2)o1. The Kier molecular flexibility index (Phi) is 2.50. The van der Waals surface area contributed by atoms with Crippen molar-refractivity contribution in [2.45, 2.75) is 6.92 Å². The maximum absolute atomic E-state index is 10.3. The number of aromatic nitrogens is 2. The second-order valence-corrected chi connectivity index (χ2v) is 2.92. The Balaban J connectivity index is 2.14. The predicted octanol–water partition coefficient (Wildman–Crippen LogP) is 2.05. The van der Waals surface area contributed by atoms with Crippen molar-refractivity contribution < 1.29 is 13.8 Å². The third kappa shape index (κ3) is 2.14. The molecule has 0 N–H and O–H groups in total. The molecule has 7 heteroatoms. The van der Waals surface area contributed by atoms with Crippen LogP contribution in [0.2, 0.25) is 0 Å². The molecule has 7 nitrogen and oxygen atoms in total. The van der Waals surface area contributed by atoms with Crippen molar-refractivity contribution in [2.24, 2.45) is 0 Å². The third-order valence-corrected chi connectivity index (χ3v) is 1.72. The van der Waals surface area contributed by atoms with Crippen molar-refractivity contribution in [3.05, 3.63) is 39.9 Å². The summed E-state index contributed by atoms with van der Waals surface area (Å²) in [6, 6.07) is -0.534. The first-order valence-corrected chi connectivity index (χ1v) is 4.36. The first kappa shape index (κ1) is 10.1. The first-order chi connectivity index (χ1) is 7.65. The highest BCUT2D eigenvalue weighted by molar-refractivity contribution is 5.64. The van der Waals surface area contributed by atoms with Crippen LogP contribution in [-0.4, -0.2) is 14.9 Å². The number of hydrogen-bond donors (Lipinski definition) is 0. The van der Waals surface area contributed by atoms with Crippen molar-refractivity contribution in [1.29, 1.82) is 0 Å². The second kappa shape index (κ2) is 3.97. The summed E-state index contributed by atoms with van der Waals surface area (Å²) in [6.45, 7) is 1.72. The monoisotopic (exact) mass is 221 g/mol. The number of nitro groups is 1. The molecule has 0 bridgehead atoms. The maximum Gasteiger partial charge on any atom is 0.546 e. The Morgan fingerprint density at radius 2 is 1.88 bits per heavy atom. The fourth-order valence-corrected chi connectivity index (χ4v) is 1.06. The predicted molar refractivity (Wildman–Crippen MR) is 53.3 cm³/mol. The lowest BCUT2D eigenvalue weighted by Crippen LogP contribution is -1.85.